The van der Waals surface area contributed by atoms with Crippen molar-refractivity contribution in [3.63, 3.8) is 0 Å². The Morgan fingerprint density at radius 1 is 1.10 bits per heavy atom. The summed E-state index contributed by atoms with van der Waals surface area (Å²) in [7, 11) is 0. The molecule has 1 saturated carbocycles. The largest absolute Gasteiger partial charge is 0.459 e. The van der Waals surface area contributed by atoms with Gasteiger partial charge in [0.15, 0.2) is 11.3 Å². The van der Waals surface area contributed by atoms with Gasteiger partial charge in [-0.15, -0.1) is 11.3 Å². The van der Waals surface area contributed by atoms with E-state index in [1.165, 1.54) is 22.7 Å². The maximum absolute atomic E-state index is 12.8. The Balaban J connectivity index is 1.28. The zero-order chi connectivity index (χ0) is 26.9. The number of carbonyl (C=O) groups excluding carboxylic acids is 1. The molecule has 2 atom stereocenters. The highest BCUT2D eigenvalue weighted by Gasteiger charge is 2.23. The summed E-state index contributed by atoms with van der Waals surface area (Å²) in [6, 6.07) is 3.66. The Hall–Kier alpha value is -3.52. The number of carbonyl (C=O) groups is 1. The smallest absolute Gasteiger partial charge is 0.269 e. The van der Waals surface area contributed by atoms with Gasteiger partial charge in [-0.05, 0) is 18.9 Å². The number of pyridine rings is 1. The number of ether oxygens (including phenoxy) is 1. The molecular weight excluding hydrogens is 538 g/mol. The van der Waals surface area contributed by atoms with E-state index in [0.29, 0.717) is 34.5 Å². The lowest BCUT2D eigenvalue weighted by Crippen LogP contribution is -2.42. The molecule has 0 bridgehead atoms. The molecule has 2 fully saturated rings. The Morgan fingerprint density at radius 3 is 2.72 bits per heavy atom. The van der Waals surface area contributed by atoms with E-state index < -0.39 is 5.91 Å². The van der Waals surface area contributed by atoms with Crippen molar-refractivity contribution in [1.82, 2.24) is 9.97 Å². The van der Waals surface area contributed by atoms with Gasteiger partial charge in [-0.3, -0.25) is 9.59 Å². The first kappa shape index (κ1) is 25.7. The van der Waals surface area contributed by atoms with Gasteiger partial charge in [0.25, 0.3) is 5.91 Å². The number of anilines is 4. The van der Waals surface area contributed by atoms with Gasteiger partial charge in [-0.25, -0.2) is 9.97 Å². The molecule has 1 aliphatic carbocycles. The number of fused-ring (bicyclic) bond motifs is 1. The van der Waals surface area contributed by atoms with Gasteiger partial charge in [0.1, 0.15) is 16.3 Å². The van der Waals surface area contributed by atoms with Crippen LogP contribution in [-0.2, 0) is 4.74 Å². The first-order chi connectivity index (χ1) is 19.0. The van der Waals surface area contributed by atoms with Crippen molar-refractivity contribution in [3.8, 4) is 10.6 Å². The number of rotatable bonds is 7. The second kappa shape index (κ2) is 10.9. The number of amides is 1. The molecule has 0 spiro atoms. The first-order valence-electron chi connectivity index (χ1n) is 12.9. The summed E-state index contributed by atoms with van der Waals surface area (Å²) in [6.07, 6.45) is 9.07. The number of aromatic nitrogens is 2. The molecular formula is C26H29N7O4S2. The molecule has 1 amide bonds. The molecule has 13 heteroatoms. The summed E-state index contributed by atoms with van der Waals surface area (Å²) in [5.41, 5.74) is 14.2. The number of thiazole rings is 1. The van der Waals surface area contributed by atoms with Gasteiger partial charge in [-0.2, -0.15) is 0 Å². The topological polar surface area (TPSA) is 162 Å². The predicted molar refractivity (Wildman–Crippen MR) is 154 cm³/mol. The molecule has 5 heterocycles. The second-order valence-corrected chi connectivity index (χ2v) is 11.8. The SMILES string of the molecule is NC(=O)c1ncc(N[C@H]2CCCC[C@H]2N)cc1Nc1cnc(-c2coc3c(=O)cc(N4CCOCC4)sc23)s1. The van der Waals surface area contributed by atoms with Crippen LogP contribution in [0.3, 0.4) is 0 Å². The Bertz CT molecular complexity index is 1560. The van der Waals surface area contributed by atoms with Crippen molar-refractivity contribution < 1.29 is 13.9 Å². The van der Waals surface area contributed by atoms with Crippen molar-refractivity contribution in [2.45, 2.75) is 37.8 Å². The lowest BCUT2D eigenvalue weighted by Gasteiger charge is -2.30. The molecule has 4 aromatic rings. The van der Waals surface area contributed by atoms with E-state index in [9.17, 15) is 9.59 Å². The molecule has 0 radical (unpaired) electrons. The van der Waals surface area contributed by atoms with Gasteiger partial charge >= 0.3 is 0 Å². The molecule has 1 aliphatic heterocycles. The summed E-state index contributed by atoms with van der Waals surface area (Å²) in [5, 5.41) is 8.97. The standard InChI is InChI=1S/C26H29N7O4S2/c27-16-3-1-2-4-17(16)31-14-9-18(22(25(28)35)29-11-14)32-20-12-30-26(38-20)15-13-37-23-19(34)10-21(39-24(15)23)33-5-7-36-8-6-33/h9-13,16-17,31-32H,1-8,27H2,(H2,28,35)/t16-,17+/m1/s1. The van der Waals surface area contributed by atoms with Crippen LogP contribution < -0.4 is 32.4 Å². The molecule has 4 aromatic heterocycles. The number of nitrogens with one attached hydrogen (secondary N) is 2. The van der Waals surface area contributed by atoms with Gasteiger partial charge in [0, 0.05) is 31.2 Å². The zero-order valence-electron chi connectivity index (χ0n) is 21.1. The molecule has 1 saturated heterocycles. The Kier molecular flexibility index (Phi) is 7.21. The number of primary amides is 1. The monoisotopic (exact) mass is 567 g/mol. The normalized spacial score (nSPS) is 19.8. The zero-order valence-corrected chi connectivity index (χ0v) is 22.8. The number of nitrogens with two attached hydrogens (primary N) is 2. The van der Waals surface area contributed by atoms with E-state index >= 15 is 0 Å². The minimum atomic E-state index is -0.635. The molecule has 0 aromatic carbocycles. The fourth-order valence-electron chi connectivity index (χ4n) is 4.99. The summed E-state index contributed by atoms with van der Waals surface area (Å²) in [6.45, 7) is 2.73. The van der Waals surface area contributed by atoms with Crippen LogP contribution in [0, 0.1) is 0 Å². The second-order valence-electron chi connectivity index (χ2n) is 9.69. The van der Waals surface area contributed by atoms with Crippen molar-refractivity contribution in [1.29, 1.82) is 0 Å². The fourth-order valence-corrected chi connectivity index (χ4v) is 7.08. The van der Waals surface area contributed by atoms with Crippen molar-refractivity contribution in [2.24, 2.45) is 11.5 Å². The number of hydrogen-bond acceptors (Lipinski definition) is 12. The highest BCUT2D eigenvalue weighted by molar-refractivity contribution is 7.23. The molecule has 2 aliphatic rings. The van der Waals surface area contributed by atoms with E-state index in [4.69, 9.17) is 20.6 Å². The third-order valence-corrected chi connectivity index (χ3v) is 9.18. The van der Waals surface area contributed by atoms with Crippen LogP contribution in [-0.4, -0.2) is 54.3 Å². The third kappa shape index (κ3) is 5.35. The average Bonchev–Trinajstić information content (AvgIpc) is 3.58. The third-order valence-electron chi connectivity index (χ3n) is 7.04. The van der Waals surface area contributed by atoms with Gasteiger partial charge < -0.3 is 36.2 Å². The number of nitrogens with zero attached hydrogens (tertiary/aromatic N) is 3. The maximum Gasteiger partial charge on any atom is 0.269 e. The van der Waals surface area contributed by atoms with Gasteiger partial charge in [0.05, 0.1) is 52.2 Å². The summed E-state index contributed by atoms with van der Waals surface area (Å²) >= 11 is 2.89. The maximum atomic E-state index is 12.8. The van der Waals surface area contributed by atoms with Crippen molar-refractivity contribution in [3.05, 3.63) is 46.7 Å². The quantitative estimate of drug-likeness (QED) is 0.259. The summed E-state index contributed by atoms with van der Waals surface area (Å²) in [4.78, 5) is 35.9. The highest BCUT2D eigenvalue weighted by atomic mass is 32.1. The molecule has 204 valence electrons. The van der Waals surface area contributed by atoms with Crippen LogP contribution in [0.4, 0.5) is 21.4 Å². The van der Waals surface area contributed by atoms with Crippen LogP contribution >= 0.6 is 22.7 Å². The number of morpholine rings is 1. The lowest BCUT2D eigenvalue weighted by atomic mass is 9.91. The van der Waals surface area contributed by atoms with E-state index in [2.05, 4.69) is 25.5 Å². The summed E-state index contributed by atoms with van der Waals surface area (Å²) < 4.78 is 11.9. The molecule has 0 unspecified atom stereocenters. The van der Waals surface area contributed by atoms with E-state index in [-0.39, 0.29) is 23.2 Å². The van der Waals surface area contributed by atoms with Crippen LogP contribution in [0.1, 0.15) is 36.2 Å². The fraction of sp³-hybridized carbons (Fsp3) is 0.385. The molecule has 6 N–H and O–H groups in total. The van der Waals surface area contributed by atoms with Crippen LogP contribution in [0.15, 0.2) is 40.0 Å². The Labute approximate surface area is 232 Å². The lowest BCUT2D eigenvalue weighted by molar-refractivity contribution is 0.0996. The van der Waals surface area contributed by atoms with Gasteiger partial charge in [-0.1, -0.05) is 24.2 Å². The number of hydrogen-bond donors (Lipinski definition) is 4. The average molecular weight is 568 g/mol. The van der Waals surface area contributed by atoms with Crippen molar-refractivity contribution >= 4 is 60.2 Å². The first-order valence-corrected chi connectivity index (χ1v) is 14.5. The van der Waals surface area contributed by atoms with Crippen LogP contribution in [0.2, 0.25) is 0 Å². The van der Waals surface area contributed by atoms with E-state index in [1.807, 2.05) is 6.07 Å². The molecule has 6 rings (SSSR count). The van der Waals surface area contributed by atoms with Crippen molar-refractivity contribution in [2.75, 3.05) is 41.8 Å². The van der Waals surface area contributed by atoms with Crippen LogP contribution in [0.25, 0.3) is 20.9 Å². The minimum Gasteiger partial charge on any atom is -0.459 e. The van der Waals surface area contributed by atoms with Gasteiger partial charge in [0.2, 0.25) is 5.43 Å². The minimum absolute atomic E-state index is 0.0688. The predicted octanol–water partition coefficient (Wildman–Crippen LogP) is 3.73. The molecule has 39 heavy (non-hydrogen) atoms. The number of furan rings is 1. The van der Waals surface area contributed by atoms with E-state index in [0.717, 1.165) is 59.7 Å². The summed E-state index contributed by atoms with van der Waals surface area (Å²) in [5.74, 6) is -0.635. The van der Waals surface area contributed by atoms with E-state index in [1.54, 1.807) is 24.7 Å². The van der Waals surface area contributed by atoms with Crippen LogP contribution in [0.5, 0.6) is 0 Å². The highest BCUT2D eigenvalue weighted by Crippen LogP contribution is 2.39. The Morgan fingerprint density at radius 2 is 1.92 bits per heavy atom. The molecule has 11 nitrogen and oxygen atoms in total.